The highest BCUT2D eigenvalue weighted by Gasteiger charge is 2.21. The summed E-state index contributed by atoms with van der Waals surface area (Å²) in [5.74, 6) is 0.323. The van der Waals surface area contributed by atoms with Crippen LogP contribution in [0.1, 0.15) is 25.3 Å². The van der Waals surface area contributed by atoms with Gasteiger partial charge in [0, 0.05) is 30.3 Å². The number of sulfonamides is 1. The van der Waals surface area contributed by atoms with Crippen LogP contribution in [0.4, 0.5) is 11.4 Å². The highest BCUT2D eigenvalue weighted by Crippen LogP contribution is 2.23. The smallest absolute Gasteiger partial charge is 0.241 e. The second-order valence-corrected chi connectivity index (χ2v) is 10.2. The van der Waals surface area contributed by atoms with Gasteiger partial charge in [0.15, 0.2) is 0 Å². The van der Waals surface area contributed by atoms with Crippen molar-refractivity contribution in [1.29, 1.82) is 0 Å². The molecular weight excluding hydrogens is 422 g/mol. The molecule has 30 heavy (non-hydrogen) atoms. The molecule has 1 heterocycles. The molecule has 1 aliphatic rings. The molecule has 1 atom stereocenters. The molecule has 1 unspecified atom stereocenters. The Bertz CT molecular complexity index is 979. The number of amides is 1. The number of anilines is 2. The Morgan fingerprint density at radius 1 is 1.23 bits per heavy atom. The zero-order chi connectivity index (χ0) is 21.7. The second kappa shape index (κ2) is 9.71. The summed E-state index contributed by atoms with van der Waals surface area (Å²) in [5.41, 5.74) is 2.52. The fourth-order valence-corrected chi connectivity index (χ4v) is 4.70. The van der Waals surface area contributed by atoms with Crippen molar-refractivity contribution in [2.45, 2.75) is 26.3 Å². The lowest BCUT2D eigenvalue weighted by molar-refractivity contribution is -0.119. The molecule has 2 aromatic carbocycles. The van der Waals surface area contributed by atoms with Gasteiger partial charge >= 0.3 is 0 Å². The standard InChI is InChI=1S/C22H28ClN3O3S/c1-17-5-4-12-25(15-17)20-10-8-18(9-11-20)14-24-22(27)16-26(30(2,28)29)21-7-3-6-19(23)13-21/h3,6-11,13,17H,4-5,12,14-16H2,1-2H3,(H,24,27). The Hall–Kier alpha value is -2.25. The lowest BCUT2D eigenvalue weighted by Crippen LogP contribution is -2.40. The number of piperidine rings is 1. The number of halogens is 1. The fourth-order valence-electron chi connectivity index (χ4n) is 3.67. The van der Waals surface area contributed by atoms with E-state index in [2.05, 4.69) is 29.3 Å². The summed E-state index contributed by atoms with van der Waals surface area (Å²) in [4.78, 5) is 14.8. The molecule has 3 rings (SSSR count). The van der Waals surface area contributed by atoms with Crippen LogP contribution in [-0.2, 0) is 21.4 Å². The molecule has 162 valence electrons. The van der Waals surface area contributed by atoms with E-state index in [0.29, 0.717) is 23.2 Å². The number of carbonyl (C=O) groups is 1. The Morgan fingerprint density at radius 3 is 2.60 bits per heavy atom. The van der Waals surface area contributed by atoms with E-state index in [1.165, 1.54) is 24.6 Å². The van der Waals surface area contributed by atoms with Gasteiger partial charge in [0.25, 0.3) is 0 Å². The van der Waals surface area contributed by atoms with Crippen LogP contribution in [-0.4, -0.2) is 40.2 Å². The molecule has 1 saturated heterocycles. The number of nitrogens with one attached hydrogen (secondary N) is 1. The summed E-state index contributed by atoms with van der Waals surface area (Å²) in [5, 5.41) is 3.21. The van der Waals surface area contributed by atoms with Gasteiger partial charge in [-0.1, -0.05) is 36.7 Å². The molecule has 1 N–H and O–H groups in total. The van der Waals surface area contributed by atoms with Crippen LogP contribution in [0.3, 0.4) is 0 Å². The van der Waals surface area contributed by atoms with Crippen molar-refractivity contribution in [3.05, 3.63) is 59.1 Å². The predicted octanol–water partition coefficient (Wildman–Crippen LogP) is 3.66. The van der Waals surface area contributed by atoms with E-state index < -0.39 is 10.0 Å². The molecule has 0 bridgehead atoms. The topological polar surface area (TPSA) is 69.7 Å². The molecule has 0 aromatic heterocycles. The first-order chi connectivity index (χ1) is 14.2. The molecule has 8 heteroatoms. The molecule has 0 saturated carbocycles. The van der Waals surface area contributed by atoms with Crippen LogP contribution in [0.15, 0.2) is 48.5 Å². The zero-order valence-electron chi connectivity index (χ0n) is 17.3. The Balaban J connectivity index is 1.59. The van der Waals surface area contributed by atoms with Crippen LogP contribution in [0.2, 0.25) is 5.02 Å². The SMILES string of the molecule is CC1CCCN(c2ccc(CNC(=O)CN(c3cccc(Cl)c3)S(C)(=O)=O)cc2)C1. The van der Waals surface area contributed by atoms with Crippen LogP contribution in [0.5, 0.6) is 0 Å². The third kappa shape index (κ3) is 6.12. The maximum atomic E-state index is 12.4. The van der Waals surface area contributed by atoms with E-state index in [1.807, 2.05) is 12.1 Å². The van der Waals surface area contributed by atoms with Crippen molar-refractivity contribution in [3.63, 3.8) is 0 Å². The minimum Gasteiger partial charge on any atom is -0.371 e. The monoisotopic (exact) mass is 449 g/mol. The zero-order valence-corrected chi connectivity index (χ0v) is 18.9. The van der Waals surface area contributed by atoms with E-state index in [4.69, 9.17) is 11.6 Å². The van der Waals surface area contributed by atoms with Gasteiger partial charge < -0.3 is 10.2 Å². The molecule has 0 spiro atoms. The number of benzene rings is 2. The molecule has 1 aliphatic heterocycles. The minimum absolute atomic E-state index is 0.303. The van der Waals surface area contributed by atoms with Crippen molar-refractivity contribution in [3.8, 4) is 0 Å². The summed E-state index contributed by atoms with van der Waals surface area (Å²) in [7, 11) is -3.63. The Morgan fingerprint density at radius 2 is 1.97 bits per heavy atom. The van der Waals surface area contributed by atoms with Crippen molar-refractivity contribution < 1.29 is 13.2 Å². The number of nitrogens with zero attached hydrogens (tertiary/aromatic N) is 2. The number of hydrogen-bond acceptors (Lipinski definition) is 4. The molecule has 2 aromatic rings. The van der Waals surface area contributed by atoms with E-state index >= 15 is 0 Å². The van der Waals surface area contributed by atoms with Gasteiger partial charge in [0.1, 0.15) is 6.54 Å². The van der Waals surface area contributed by atoms with E-state index in [-0.39, 0.29) is 12.5 Å². The van der Waals surface area contributed by atoms with Gasteiger partial charge in [0.2, 0.25) is 15.9 Å². The molecular formula is C22H28ClN3O3S. The van der Waals surface area contributed by atoms with E-state index in [9.17, 15) is 13.2 Å². The highest BCUT2D eigenvalue weighted by atomic mass is 35.5. The largest absolute Gasteiger partial charge is 0.371 e. The maximum absolute atomic E-state index is 12.4. The molecule has 1 amide bonds. The second-order valence-electron chi connectivity index (χ2n) is 7.89. The average Bonchev–Trinajstić information content (AvgIpc) is 2.70. The van der Waals surface area contributed by atoms with Crippen molar-refractivity contribution >= 4 is 38.9 Å². The molecule has 0 radical (unpaired) electrons. The number of hydrogen-bond donors (Lipinski definition) is 1. The van der Waals surface area contributed by atoms with Gasteiger partial charge in [-0.25, -0.2) is 8.42 Å². The Kier molecular flexibility index (Phi) is 7.26. The molecule has 1 fully saturated rings. The van der Waals surface area contributed by atoms with Crippen LogP contribution in [0, 0.1) is 5.92 Å². The van der Waals surface area contributed by atoms with Crippen LogP contribution >= 0.6 is 11.6 Å². The van der Waals surface area contributed by atoms with Crippen LogP contribution < -0.4 is 14.5 Å². The van der Waals surface area contributed by atoms with Crippen molar-refractivity contribution in [2.75, 3.05) is 35.1 Å². The third-order valence-corrected chi connectivity index (χ3v) is 6.61. The summed E-state index contributed by atoms with van der Waals surface area (Å²) in [6.07, 6.45) is 3.56. The summed E-state index contributed by atoms with van der Waals surface area (Å²) in [6.45, 7) is 4.46. The highest BCUT2D eigenvalue weighted by molar-refractivity contribution is 7.92. The van der Waals surface area contributed by atoms with E-state index in [0.717, 1.165) is 29.2 Å². The summed E-state index contributed by atoms with van der Waals surface area (Å²) < 4.78 is 25.4. The Labute approximate surface area is 183 Å². The third-order valence-electron chi connectivity index (χ3n) is 5.23. The fraction of sp³-hybridized carbons (Fsp3) is 0.409. The average molecular weight is 450 g/mol. The minimum atomic E-state index is -3.63. The first-order valence-corrected chi connectivity index (χ1v) is 12.3. The van der Waals surface area contributed by atoms with Crippen LogP contribution in [0.25, 0.3) is 0 Å². The summed E-state index contributed by atoms with van der Waals surface area (Å²) in [6, 6.07) is 14.6. The molecule has 0 aliphatic carbocycles. The van der Waals surface area contributed by atoms with E-state index in [1.54, 1.807) is 18.2 Å². The lowest BCUT2D eigenvalue weighted by atomic mass is 9.99. The van der Waals surface area contributed by atoms with Gasteiger partial charge in [-0.15, -0.1) is 0 Å². The van der Waals surface area contributed by atoms with Crippen molar-refractivity contribution in [1.82, 2.24) is 5.32 Å². The van der Waals surface area contributed by atoms with Gasteiger partial charge in [-0.3, -0.25) is 9.10 Å². The molecule has 6 nitrogen and oxygen atoms in total. The van der Waals surface area contributed by atoms with Gasteiger partial charge in [0.05, 0.1) is 11.9 Å². The van der Waals surface area contributed by atoms with Crippen molar-refractivity contribution in [2.24, 2.45) is 5.92 Å². The first kappa shape index (κ1) is 22.4. The normalized spacial score (nSPS) is 16.9. The van der Waals surface area contributed by atoms with Gasteiger partial charge in [-0.05, 0) is 54.7 Å². The lowest BCUT2D eigenvalue weighted by Gasteiger charge is -2.32. The number of carbonyl (C=O) groups excluding carboxylic acids is 1. The van der Waals surface area contributed by atoms with Gasteiger partial charge in [-0.2, -0.15) is 0 Å². The number of rotatable bonds is 7. The predicted molar refractivity (Wildman–Crippen MR) is 123 cm³/mol. The first-order valence-electron chi connectivity index (χ1n) is 10.1. The summed E-state index contributed by atoms with van der Waals surface area (Å²) >= 11 is 5.97. The maximum Gasteiger partial charge on any atom is 0.241 e. The quantitative estimate of drug-likeness (QED) is 0.700.